The summed E-state index contributed by atoms with van der Waals surface area (Å²) in [4.78, 5) is 24.2. The standard InChI is InChI=1S/C23H16F3N7/c1-13-7-19-20(31-21(30-19)15-8-16(12-28-11-15)23(24,25)26)9-18(13)33-22-29-6-4-17(32-22)14-3-2-5-27-10-14/h2-12H,1H3,(H,30,31)(H,29,32,33). The first kappa shape index (κ1) is 20.6. The third-order valence-electron chi connectivity index (χ3n) is 5.03. The number of nitrogens with one attached hydrogen (secondary N) is 2. The Morgan fingerprint density at radius 1 is 0.909 bits per heavy atom. The highest BCUT2D eigenvalue weighted by molar-refractivity contribution is 5.85. The van der Waals surface area contributed by atoms with Gasteiger partial charge in [0.15, 0.2) is 0 Å². The SMILES string of the molecule is Cc1cc2nc(-c3cncc(C(F)(F)F)c3)[nH]c2cc1Nc1nccc(-c2cccnc2)n1. The molecule has 0 unspecified atom stereocenters. The van der Waals surface area contributed by atoms with Gasteiger partial charge in [-0.15, -0.1) is 0 Å². The number of rotatable bonds is 4. The molecule has 0 aliphatic carbocycles. The number of H-pyrrole nitrogens is 1. The lowest BCUT2D eigenvalue weighted by atomic mass is 10.2. The smallest absolute Gasteiger partial charge is 0.338 e. The van der Waals surface area contributed by atoms with Gasteiger partial charge in [-0.05, 0) is 48.9 Å². The fraction of sp³-hybridized carbons (Fsp3) is 0.0870. The van der Waals surface area contributed by atoms with Crippen LogP contribution in [0.2, 0.25) is 0 Å². The highest BCUT2D eigenvalue weighted by Gasteiger charge is 2.31. The Morgan fingerprint density at radius 3 is 2.55 bits per heavy atom. The van der Waals surface area contributed by atoms with Crippen molar-refractivity contribution in [1.29, 1.82) is 0 Å². The van der Waals surface area contributed by atoms with Gasteiger partial charge >= 0.3 is 6.18 Å². The van der Waals surface area contributed by atoms with Crippen LogP contribution in [0.25, 0.3) is 33.7 Å². The summed E-state index contributed by atoms with van der Waals surface area (Å²) in [5.74, 6) is 0.704. The van der Waals surface area contributed by atoms with E-state index in [1.165, 1.54) is 6.20 Å². The van der Waals surface area contributed by atoms with Gasteiger partial charge in [0.2, 0.25) is 5.95 Å². The monoisotopic (exact) mass is 447 g/mol. The molecule has 10 heteroatoms. The molecular weight excluding hydrogens is 431 g/mol. The normalized spacial score (nSPS) is 11.6. The Bertz CT molecular complexity index is 1450. The minimum absolute atomic E-state index is 0.251. The molecular formula is C23H16F3N7. The highest BCUT2D eigenvalue weighted by Crippen LogP contribution is 2.32. The van der Waals surface area contributed by atoms with Crippen LogP contribution in [0.4, 0.5) is 24.8 Å². The topological polar surface area (TPSA) is 92.3 Å². The van der Waals surface area contributed by atoms with Crippen molar-refractivity contribution in [3.05, 3.63) is 78.5 Å². The molecule has 2 N–H and O–H groups in total. The first-order valence-corrected chi connectivity index (χ1v) is 9.90. The van der Waals surface area contributed by atoms with Gasteiger partial charge in [0.25, 0.3) is 0 Å². The molecule has 0 aliphatic heterocycles. The second kappa shape index (κ2) is 7.97. The minimum Gasteiger partial charge on any atom is -0.338 e. The molecule has 4 aromatic heterocycles. The van der Waals surface area contributed by atoms with E-state index in [1.807, 2.05) is 31.2 Å². The van der Waals surface area contributed by atoms with Gasteiger partial charge in [-0.25, -0.2) is 15.0 Å². The van der Waals surface area contributed by atoms with Crippen molar-refractivity contribution in [2.75, 3.05) is 5.32 Å². The summed E-state index contributed by atoms with van der Waals surface area (Å²) in [5, 5.41) is 3.20. The Kier molecular flexibility index (Phi) is 4.97. The van der Waals surface area contributed by atoms with E-state index in [0.717, 1.165) is 34.8 Å². The Balaban J connectivity index is 1.47. The van der Waals surface area contributed by atoms with Crippen LogP contribution < -0.4 is 5.32 Å². The molecule has 0 saturated heterocycles. The number of hydrogen-bond donors (Lipinski definition) is 2. The van der Waals surface area contributed by atoms with E-state index in [0.29, 0.717) is 22.8 Å². The maximum atomic E-state index is 13.0. The second-order valence-corrected chi connectivity index (χ2v) is 7.36. The van der Waals surface area contributed by atoms with Crippen LogP contribution in [0.1, 0.15) is 11.1 Å². The number of imidazole rings is 1. The van der Waals surface area contributed by atoms with Crippen LogP contribution in [0.3, 0.4) is 0 Å². The lowest BCUT2D eigenvalue weighted by Gasteiger charge is -2.09. The zero-order chi connectivity index (χ0) is 23.0. The van der Waals surface area contributed by atoms with E-state index in [2.05, 4.69) is 35.2 Å². The number of aromatic nitrogens is 6. The number of nitrogens with zero attached hydrogens (tertiary/aromatic N) is 5. The molecule has 0 atom stereocenters. The molecule has 0 spiro atoms. The van der Waals surface area contributed by atoms with Crippen molar-refractivity contribution >= 4 is 22.7 Å². The van der Waals surface area contributed by atoms with E-state index >= 15 is 0 Å². The number of aromatic amines is 1. The quantitative estimate of drug-likeness (QED) is 0.375. The Morgan fingerprint density at radius 2 is 1.76 bits per heavy atom. The third-order valence-corrected chi connectivity index (χ3v) is 5.03. The van der Waals surface area contributed by atoms with Crippen molar-refractivity contribution in [2.24, 2.45) is 0 Å². The highest BCUT2D eigenvalue weighted by atomic mass is 19.4. The predicted molar refractivity (Wildman–Crippen MR) is 118 cm³/mol. The maximum Gasteiger partial charge on any atom is 0.417 e. The molecule has 0 aliphatic rings. The van der Waals surface area contributed by atoms with Gasteiger partial charge in [-0.3, -0.25) is 9.97 Å². The Labute approximate surface area is 185 Å². The number of fused-ring (bicyclic) bond motifs is 1. The van der Waals surface area contributed by atoms with E-state index in [1.54, 1.807) is 24.7 Å². The number of hydrogen-bond acceptors (Lipinski definition) is 6. The average Bonchev–Trinajstić information content (AvgIpc) is 3.22. The van der Waals surface area contributed by atoms with Crippen LogP contribution in [-0.2, 0) is 6.18 Å². The van der Waals surface area contributed by atoms with Crippen molar-refractivity contribution in [1.82, 2.24) is 29.9 Å². The zero-order valence-electron chi connectivity index (χ0n) is 17.2. The number of aryl methyl sites for hydroxylation is 1. The maximum absolute atomic E-state index is 13.0. The summed E-state index contributed by atoms with van der Waals surface area (Å²) in [6.45, 7) is 1.90. The summed E-state index contributed by atoms with van der Waals surface area (Å²) < 4.78 is 39.1. The molecule has 5 aromatic rings. The van der Waals surface area contributed by atoms with Crippen LogP contribution in [0.15, 0.2) is 67.4 Å². The van der Waals surface area contributed by atoms with Crippen LogP contribution >= 0.6 is 0 Å². The molecule has 0 saturated carbocycles. The minimum atomic E-state index is -4.48. The molecule has 0 fully saturated rings. The molecule has 5 rings (SSSR count). The van der Waals surface area contributed by atoms with Gasteiger partial charge in [0, 0.05) is 47.8 Å². The van der Waals surface area contributed by atoms with E-state index < -0.39 is 11.7 Å². The van der Waals surface area contributed by atoms with Gasteiger partial charge in [-0.1, -0.05) is 0 Å². The third kappa shape index (κ3) is 4.22. The molecule has 0 amide bonds. The summed E-state index contributed by atoms with van der Waals surface area (Å²) in [5.41, 5.74) is 3.89. The van der Waals surface area contributed by atoms with Gasteiger partial charge in [-0.2, -0.15) is 13.2 Å². The van der Waals surface area contributed by atoms with Crippen molar-refractivity contribution in [3.63, 3.8) is 0 Å². The fourth-order valence-corrected chi connectivity index (χ4v) is 3.37. The van der Waals surface area contributed by atoms with Gasteiger partial charge in [0.05, 0.1) is 22.3 Å². The summed E-state index contributed by atoms with van der Waals surface area (Å²) in [6.07, 6.45) is 2.72. The molecule has 33 heavy (non-hydrogen) atoms. The molecule has 0 radical (unpaired) electrons. The molecule has 4 heterocycles. The lowest BCUT2D eigenvalue weighted by molar-refractivity contribution is -0.137. The van der Waals surface area contributed by atoms with Gasteiger partial charge < -0.3 is 10.3 Å². The Hall–Kier alpha value is -4.34. The molecule has 7 nitrogen and oxygen atoms in total. The first-order valence-electron chi connectivity index (χ1n) is 9.90. The van der Waals surface area contributed by atoms with Gasteiger partial charge in [0.1, 0.15) is 5.82 Å². The molecule has 164 valence electrons. The fourth-order valence-electron chi connectivity index (χ4n) is 3.37. The van der Waals surface area contributed by atoms with E-state index in [4.69, 9.17) is 0 Å². The molecule has 0 bridgehead atoms. The van der Waals surface area contributed by atoms with Crippen LogP contribution in [0, 0.1) is 6.92 Å². The number of benzene rings is 1. The summed E-state index contributed by atoms with van der Waals surface area (Å²) in [7, 11) is 0. The number of alkyl halides is 3. The number of anilines is 2. The van der Waals surface area contributed by atoms with Crippen LogP contribution in [-0.4, -0.2) is 29.9 Å². The summed E-state index contributed by atoms with van der Waals surface area (Å²) >= 11 is 0. The number of pyridine rings is 2. The van der Waals surface area contributed by atoms with Crippen molar-refractivity contribution < 1.29 is 13.2 Å². The first-order chi connectivity index (χ1) is 15.9. The van der Waals surface area contributed by atoms with E-state index in [-0.39, 0.29) is 5.56 Å². The number of halogens is 3. The predicted octanol–water partition coefficient (Wildman–Crippen LogP) is 5.55. The van der Waals surface area contributed by atoms with Crippen molar-refractivity contribution in [3.8, 4) is 22.6 Å². The second-order valence-electron chi connectivity index (χ2n) is 7.36. The molecule has 1 aromatic carbocycles. The lowest BCUT2D eigenvalue weighted by Crippen LogP contribution is -2.05. The summed E-state index contributed by atoms with van der Waals surface area (Å²) in [6, 6.07) is 10.2. The van der Waals surface area contributed by atoms with E-state index in [9.17, 15) is 13.2 Å². The van der Waals surface area contributed by atoms with Crippen LogP contribution in [0.5, 0.6) is 0 Å². The largest absolute Gasteiger partial charge is 0.417 e. The zero-order valence-corrected chi connectivity index (χ0v) is 17.2. The van der Waals surface area contributed by atoms with Crippen molar-refractivity contribution in [2.45, 2.75) is 13.1 Å². The average molecular weight is 447 g/mol.